The summed E-state index contributed by atoms with van der Waals surface area (Å²) in [5.74, 6) is -0.482. The molecule has 2 rings (SSSR count). The molecule has 152 valence electrons. The topological polar surface area (TPSA) is 123 Å². The van der Waals surface area contributed by atoms with Gasteiger partial charge in [0.05, 0.1) is 0 Å². The van der Waals surface area contributed by atoms with Crippen LogP contribution in [0.3, 0.4) is 0 Å². The molecule has 0 saturated heterocycles. The van der Waals surface area contributed by atoms with Gasteiger partial charge in [0.25, 0.3) is 5.91 Å². The van der Waals surface area contributed by atoms with Crippen LogP contribution in [0.25, 0.3) is 10.8 Å². The van der Waals surface area contributed by atoms with Crippen molar-refractivity contribution < 1.29 is 19.4 Å². The lowest BCUT2D eigenvalue weighted by Crippen LogP contribution is -2.35. The van der Waals surface area contributed by atoms with Crippen LogP contribution >= 0.6 is 0 Å². The van der Waals surface area contributed by atoms with Crippen LogP contribution in [0.5, 0.6) is 5.75 Å². The molecule has 8 nitrogen and oxygen atoms in total. The Hall–Kier alpha value is -3.73. The van der Waals surface area contributed by atoms with Crippen molar-refractivity contribution in [1.29, 1.82) is 5.26 Å². The summed E-state index contributed by atoms with van der Waals surface area (Å²) >= 11 is 0. The highest BCUT2D eigenvalue weighted by atomic mass is 16.6. The smallest absolute Gasteiger partial charge is 0.407 e. The van der Waals surface area contributed by atoms with Gasteiger partial charge in [0, 0.05) is 35.7 Å². The Bertz CT molecular complexity index is 971. The minimum atomic E-state index is -0.587. The first-order chi connectivity index (χ1) is 13.7. The van der Waals surface area contributed by atoms with Crippen molar-refractivity contribution in [3.8, 4) is 11.8 Å². The van der Waals surface area contributed by atoms with Gasteiger partial charge in [0.15, 0.2) is 0 Å². The second-order valence-corrected chi connectivity index (χ2v) is 7.18. The van der Waals surface area contributed by atoms with Crippen LogP contribution in [0.15, 0.2) is 48.2 Å². The molecule has 0 aliphatic carbocycles. The molecule has 4 N–H and O–H groups in total. The predicted molar refractivity (Wildman–Crippen MR) is 110 cm³/mol. The van der Waals surface area contributed by atoms with Crippen LogP contribution in [0.4, 0.5) is 10.5 Å². The minimum absolute atomic E-state index is 0.105. The van der Waals surface area contributed by atoms with E-state index >= 15 is 0 Å². The Labute approximate surface area is 169 Å². The number of phenols is 1. The summed E-state index contributed by atoms with van der Waals surface area (Å²) in [4.78, 5) is 24.0. The molecule has 0 fully saturated rings. The third-order valence-electron chi connectivity index (χ3n) is 3.70. The van der Waals surface area contributed by atoms with Gasteiger partial charge in [-0.05, 0) is 32.9 Å². The van der Waals surface area contributed by atoms with Gasteiger partial charge in [-0.1, -0.05) is 24.3 Å². The van der Waals surface area contributed by atoms with Gasteiger partial charge in [-0.3, -0.25) is 4.79 Å². The molecule has 8 heteroatoms. The number of nitrogens with one attached hydrogen (secondary N) is 3. The molecule has 0 aromatic heterocycles. The quantitative estimate of drug-likeness (QED) is 0.338. The summed E-state index contributed by atoms with van der Waals surface area (Å²) in [7, 11) is 0. The average molecular weight is 396 g/mol. The Morgan fingerprint density at radius 3 is 2.52 bits per heavy atom. The van der Waals surface area contributed by atoms with E-state index in [1.165, 1.54) is 6.20 Å². The Morgan fingerprint density at radius 2 is 1.83 bits per heavy atom. The first-order valence-corrected chi connectivity index (χ1v) is 9.04. The van der Waals surface area contributed by atoms with Gasteiger partial charge >= 0.3 is 6.09 Å². The standard InChI is InChI=1S/C21H24N4O4/c1-21(2,3)29-20(28)24-11-10-23-13-14(12-22)19(27)25-17-8-4-7-16-15(17)6-5-9-18(16)26/h4-9,13,23,26H,10-11H2,1-3H3,(H,24,28)(H,25,27)/b14-13-. The van der Waals surface area contributed by atoms with E-state index in [0.29, 0.717) is 23.0 Å². The molecule has 0 bridgehead atoms. The van der Waals surface area contributed by atoms with Crippen molar-refractivity contribution in [1.82, 2.24) is 10.6 Å². The van der Waals surface area contributed by atoms with Crippen LogP contribution in [0, 0.1) is 11.3 Å². The average Bonchev–Trinajstić information content (AvgIpc) is 2.64. The van der Waals surface area contributed by atoms with E-state index in [0.717, 1.165) is 0 Å². The van der Waals surface area contributed by atoms with Crippen LogP contribution in [0.1, 0.15) is 20.8 Å². The molecule has 29 heavy (non-hydrogen) atoms. The normalized spacial score (nSPS) is 11.4. The van der Waals surface area contributed by atoms with E-state index in [1.54, 1.807) is 57.2 Å². The maximum Gasteiger partial charge on any atom is 0.407 e. The molecule has 0 atom stereocenters. The number of alkyl carbamates (subject to hydrolysis) is 1. The summed E-state index contributed by atoms with van der Waals surface area (Å²) in [6, 6.07) is 12.0. The third kappa shape index (κ3) is 6.43. The number of nitriles is 1. The first kappa shape index (κ1) is 21.6. The molecule has 0 unspecified atom stereocenters. The monoisotopic (exact) mass is 396 g/mol. The number of hydrogen-bond donors (Lipinski definition) is 4. The zero-order chi connectivity index (χ0) is 21.4. The maximum absolute atomic E-state index is 12.4. The van der Waals surface area contributed by atoms with Crippen molar-refractivity contribution in [2.45, 2.75) is 26.4 Å². The number of ether oxygens (including phenoxy) is 1. The van der Waals surface area contributed by atoms with Crippen molar-refractivity contribution >= 4 is 28.5 Å². The number of nitrogens with zero attached hydrogens (tertiary/aromatic N) is 1. The molecule has 0 aliphatic heterocycles. The highest BCUT2D eigenvalue weighted by Crippen LogP contribution is 2.29. The van der Waals surface area contributed by atoms with E-state index in [2.05, 4.69) is 16.0 Å². The fourth-order valence-electron chi connectivity index (χ4n) is 2.47. The number of amides is 2. The van der Waals surface area contributed by atoms with Gasteiger partial charge in [-0.15, -0.1) is 0 Å². The van der Waals surface area contributed by atoms with Crippen molar-refractivity contribution in [2.24, 2.45) is 0 Å². The Morgan fingerprint density at radius 1 is 1.14 bits per heavy atom. The van der Waals surface area contributed by atoms with Gasteiger partial charge < -0.3 is 25.8 Å². The lowest BCUT2D eigenvalue weighted by Gasteiger charge is -2.19. The number of phenolic OH excluding ortho intramolecular Hbond substituents is 1. The molecule has 0 heterocycles. The number of fused-ring (bicyclic) bond motifs is 1. The van der Waals surface area contributed by atoms with E-state index in [9.17, 15) is 20.0 Å². The highest BCUT2D eigenvalue weighted by molar-refractivity contribution is 6.11. The van der Waals surface area contributed by atoms with Crippen LogP contribution in [-0.2, 0) is 9.53 Å². The zero-order valence-corrected chi connectivity index (χ0v) is 16.6. The maximum atomic E-state index is 12.4. The van der Waals surface area contributed by atoms with Crippen molar-refractivity contribution in [3.05, 3.63) is 48.2 Å². The molecule has 0 spiro atoms. The largest absolute Gasteiger partial charge is 0.507 e. The van der Waals surface area contributed by atoms with Crippen LogP contribution in [0.2, 0.25) is 0 Å². The van der Waals surface area contributed by atoms with E-state index in [-0.39, 0.29) is 17.9 Å². The molecule has 2 aromatic carbocycles. The fraction of sp³-hybridized carbons (Fsp3) is 0.286. The van der Waals surface area contributed by atoms with Crippen molar-refractivity contribution in [2.75, 3.05) is 18.4 Å². The fourth-order valence-corrected chi connectivity index (χ4v) is 2.47. The number of carbonyl (C=O) groups excluding carboxylic acids is 2. The van der Waals surface area contributed by atoms with E-state index in [1.807, 2.05) is 6.07 Å². The van der Waals surface area contributed by atoms with E-state index in [4.69, 9.17) is 4.74 Å². The number of anilines is 1. The summed E-state index contributed by atoms with van der Waals surface area (Å²) in [5.41, 5.74) is -0.224. The molecular formula is C21H24N4O4. The number of hydrogen-bond acceptors (Lipinski definition) is 6. The van der Waals surface area contributed by atoms with Crippen molar-refractivity contribution in [3.63, 3.8) is 0 Å². The number of carbonyl (C=O) groups is 2. The van der Waals surface area contributed by atoms with Gasteiger partial charge in [0.2, 0.25) is 0 Å². The SMILES string of the molecule is CC(C)(C)OC(=O)NCCN/C=C(/C#N)C(=O)Nc1cccc2c(O)cccc12. The molecule has 2 amide bonds. The summed E-state index contributed by atoms with van der Waals surface area (Å²) in [5, 5.41) is 28.5. The molecule has 0 saturated carbocycles. The van der Waals surface area contributed by atoms with Gasteiger partial charge in [-0.2, -0.15) is 5.26 Å². The predicted octanol–water partition coefficient (Wildman–Crippen LogP) is 3.01. The highest BCUT2D eigenvalue weighted by Gasteiger charge is 2.15. The number of rotatable bonds is 6. The molecule has 0 aliphatic rings. The molecular weight excluding hydrogens is 372 g/mol. The Kier molecular flexibility index (Phi) is 7.04. The summed E-state index contributed by atoms with van der Waals surface area (Å²) in [6.07, 6.45) is 0.745. The second-order valence-electron chi connectivity index (χ2n) is 7.18. The van der Waals surface area contributed by atoms with Crippen LogP contribution < -0.4 is 16.0 Å². The second kappa shape index (κ2) is 9.46. The number of aromatic hydroxyl groups is 1. The molecule has 2 aromatic rings. The lowest BCUT2D eigenvalue weighted by atomic mass is 10.1. The summed E-state index contributed by atoms with van der Waals surface area (Å²) in [6.45, 7) is 5.86. The molecule has 0 radical (unpaired) electrons. The van der Waals surface area contributed by atoms with Gasteiger partial charge in [0.1, 0.15) is 23.0 Å². The first-order valence-electron chi connectivity index (χ1n) is 9.04. The third-order valence-corrected chi connectivity index (χ3v) is 3.70. The van der Waals surface area contributed by atoms with Crippen LogP contribution in [-0.4, -0.2) is 35.8 Å². The number of benzene rings is 2. The lowest BCUT2D eigenvalue weighted by molar-refractivity contribution is -0.112. The van der Waals surface area contributed by atoms with Gasteiger partial charge in [-0.25, -0.2) is 4.79 Å². The zero-order valence-electron chi connectivity index (χ0n) is 16.6. The summed E-state index contributed by atoms with van der Waals surface area (Å²) < 4.78 is 5.11. The Balaban J connectivity index is 1.93. The van der Waals surface area contributed by atoms with E-state index < -0.39 is 17.6 Å². The minimum Gasteiger partial charge on any atom is -0.507 e.